The third kappa shape index (κ3) is 2.99. The van der Waals surface area contributed by atoms with Gasteiger partial charge in [0.15, 0.2) is 0 Å². The lowest BCUT2D eigenvalue weighted by Crippen LogP contribution is -2.40. The highest BCUT2D eigenvalue weighted by Crippen LogP contribution is 2.35. The van der Waals surface area contributed by atoms with E-state index in [-0.39, 0.29) is 5.57 Å². The number of esters is 1. The van der Waals surface area contributed by atoms with Crippen molar-refractivity contribution in [2.24, 2.45) is 5.92 Å². The number of aldehydes is 1. The van der Waals surface area contributed by atoms with Gasteiger partial charge in [0.1, 0.15) is 18.5 Å². The molecule has 0 unspecified atom stereocenters. The molecule has 0 amide bonds. The SMILES string of the molecule is C=C1C(=O)O[C@@H]2/C=C(\C)CC/C=C(/C=O)[C@@H](OC)[C@H](O)[C@@H]12. The molecule has 0 bridgehead atoms. The van der Waals surface area contributed by atoms with Crippen molar-refractivity contribution in [2.75, 3.05) is 7.11 Å². The fraction of sp³-hybridized carbons (Fsp3) is 0.500. The van der Waals surface area contributed by atoms with E-state index in [1.807, 2.05) is 13.0 Å². The van der Waals surface area contributed by atoms with Gasteiger partial charge in [-0.3, -0.25) is 4.79 Å². The molecule has 5 nitrogen and oxygen atoms in total. The summed E-state index contributed by atoms with van der Waals surface area (Å²) in [6.07, 6.45) is 3.27. The molecule has 0 radical (unpaired) electrons. The molecule has 1 heterocycles. The highest BCUT2D eigenvalue weighted by molar-refractivity contribution is 5.91. The summed E-state index contributed by atoms with van der Waals surface area (Å²) >= 11 is 0. The molecule has 0 aromatic heterocycles. The van der Waals surface area contributed by atoms with Gasteiger partial charge in [-0.25, -0.2) is 4.79 Å². The Balaban J connectivity index is 2.45. The average molecular weight is 292 g/mol. The van der Waals surface area contributed by atoms with Crippen LogP contribution in [-0.2, 0) is 19.1 Å². The van der Waals surface area contributed by atoms with E-state index in [2.05, 4.69) is 6.58 Å². The van der Waals surface area contributed by atoms with Crippen LogP contribution in [0.25, 0.3) is 0 Å². The van der Waals surface area contributed by atoms with E-state index in [1.165, 1.54) is 7.11 Å². The molecule has 1 saturated heterocycles. The number of rotatable bonds is 2. The van der Waals surface area contributed by atoms with Crippen LogP contribution in [0, 0.1) is 5.92 Å². The van der Waals surface area contributed by atoms with Gasteiger partial charge in [-0.2, -0.15) is 0 Å². The second-order valence-corrected chi connectivity index (χ2v) is 5.44. The first-order chi connectivity index (χ1) is 9.99. The molecule has 4 atom stereocenters. The number of fused-ring (bicyclic) bond motifs is 1. The lowest BCUT2D eigenvalue weighted by atomic mass is 9.84. The number of carbonyl (C=O) groups is 2. The van der Waals surface area contributed by atoms with Crippen molar-refractivity contribution in [1.29, 1.82) is 0 Å². The largest absolute Gasteiger partial charge is 0.454 e. The number of allylic oxidation sites excluding steroid dienone is 2. The highest BCUT2D eigenvalue weighted by atomic mass is 16.6. The summed E-state index contributed by atoms with van der Waals surface area (Å²) in [4.78, 5) is 23.0. The first kappa shape index (κ1) is 15.7. The molecular weight excluding hydrogens is 272 g/mol. The minimum Gasteiger partial charge on any atom is -0.454 e. The van der Waals surface area contributed by atoms with Crippen molar-refractivity contribution in [3.8, 4) is 0 Å². The zero-order chi connectivity index (χ0) is 15.6. The van der Waals surface area contributed by atoms with E-state index in [0.717, 1.165) is 12.0 Å². The number of hydrogen-bond acceptors (Lipinski definition) is 5. The summed E-state index contributed by atoms with van der Waals surface area (Å²) < 4.78 is 10.6. The monoisotopic (exact) mass is 292 g/mol. The molecule has 114 valence electrons. The third-order valence-corrected chi connectivity index (χ3v) is 4.03. The topological polar surface area (TPSA) is 72.8 Å². The Kier molecular flexibility index (Phi) is 4.75. The first-order valence-corrected chi connectivity index (χ1v) is 6.92. The zero-order valence-electron chi connectivity index (χ0n) is 12.2. The van der Waals surface area contributed by atoms with Gasteiger partial charge >= 0.3 is 5.97 Å². The van der Waals surface area contributed by atoms with Crippen molar-refractivity contribution >= 4 is 12.3 Å². The minimum absolute atomic E-state index is 0.212. The van der Waals surface area contributed by atoms with Gasteiger partial charge < -0.3 is 14.6 Å². The summed E-state index contributed by atoms with van der Waals surface area (Å²) in [6.45, 7) is 5.65. The summed E-state index contributed by atoms with van der Waals surface area (Å²) in [5.74, 6) is -1.13. The number of methoxy groups -OCH3 is 1. The number of ether oxygens (including phenoxy) is 2. The number of aliphatic hydroxyl groups is 1. The van der Waals surface area contributed by atoms with Crippen LogP contribution in [0.15, 0.2) is 35.5 Å². The van der Waals surface area contributed by atoms with Crippen molar-refractivity contribution in [2.45, 2.75) is 38.1 Å². The Morgan fingerprint density at radius 3 is 2.86 bits per heavy atom. The molecule has 1 fully saturated rings. The van der Waals surface area contributed by atoms with Gasteiger partial charge in [0.05, 0.1) is 12.0 Å². The molecule has 1 N–H and O–H groups in total. The predicted octanol–water partition coefficient (Wildman–Crippen LogP) is 1.33. The number of carbonyl (C=O) groups excluding carboxylic acids is 2. The van der Waals surface area contributed by atoms with Crippen molar-refractivity contribution < 1.29 is 24.2 Å². The van der Waals surface area contributed by atoms with Crippen LogP contribution in [0.5, 0.6) is 0 Å². The molecule has 0 aromatic carbocycles. The Labute approximate surface area is 123 Å². The van der Waals surface area contributed by atoms with E-state index >= 15 is 0 Å². The van der Waals surface area contributed by atoms with Crippen molar-refractivity contribution in [3.05, 3.63) is 35.5 Å². The van der Waals surface area contributed by atoms with Crippen LogP contribution in [0.3, 0.4) is 0 Å². The molecule has 2 aliphatic rings. The van der Waals surface area contributed by atoms with E-state index in [9.17, 15) is 14.7 Å². The van der Waals surface area contributed by atoms with Crippen LogP contribution >= 0.6 is 0 Å². The highest BCUT2D eigenvalue weighted by Gasteiger charge is 2.45. The fourth-order valence-electron chi connectivity index (χ4n) is 2.87. The molecule has 1 aliphatic heterocycles. The van der Waals surface area contributed by atoms with Gasteiger partial charge in [-0.15, -0.1) is 0 Å². The lowest BCUT2D eigenvalue weighted by molar-refractivity contribution is -0.138. The Morgan fingerprint density at radius 1 is 1.52 bits per heavy atom. The van der Waals surface area contributed by atoms with Gasteiger partial charge in [-0.1, -0.05) is 18.2 Å². The average Bonchev–Trinajstić information content (AvgIpc) is 2.72. The van der Waals surface area contributed by atoms with Gasteiger partial charge in [0.25, 0.3) is 0 Å². The van der Waals surface area contributed by atoms with E-state index in [4.69, 9.17) is 9.47 Å². The van der Waals surface area contributed by atoms with Crippen LogP contribution in [-0.4, -0.2) is 42.8 Å². The third-order valence-electron chi connectivity index (χ3n) is 4.03. The van der Waals surface area contributed by atoms with Gasteiger partial charge in [0.2, 0.25) is 0 Å². The quantitative estimate of drug-likeness (QED) is 0.360. The number of hydrogen-bond donors (Lipinski definition) is 1. The van der Waals surface area contributed by atoms with E-state index < -0.39 is 30.2 Å². The fourth-order valence-corrected chi connectivity index (χ4v) is 2.87. The Bertz CT molecular complexity index is 517. The maximum atomic E-state index is 11.7. The van der Waals surface area contributed by atoms with Crippen LogP contribution in [0.4, 0.5) is 0 Å². The zero-order valence-corrected chi connectivity index (χ0v) is 12.2. The molecule has 0 saturated carbocycles. The summed E-state index contributed by atoms with van der Waals surface area (Å²) in [5, 5.41) is 10.6. The maximum Gasteiger partial charge on any atom is 0.334 e. The normalized spacial score (nSPS) is 38.6. The molecule has 0 aromatic rings. The van der Waals surface area contributed by atoms with Crippen molar-refractivity contribution in [3.63, 3.8) is 0 Å². The molecule has 0 spiro atoms. The van der Waals surface area contributed by atoms with Gasteiger partial charge in [-0.05, 0) is 25.8 Å². The van der Waals surface area contributed by atoms with Gasteiger partial charge in [0, 0.05) is 18.3 Å². The summed E-state index contributed by atoms with van der Waals surface area (Å²) in [6, 6.07) is 0. The molecular formula is C16H20O5. The molecule has 5 heteroatoms. The van der Waals surface area contributed by atoms with E-state index in [1.54, 1.807) is 6.08 Å². The first-order valence-electron chi connectivity index (χ1n) is 6.92. The van der Waals surface area contributed by atoms with Crippen LogP contribution in [0.2, 0.25) is 0 Å². The second-order valence-electron chi connectivity index (χ2n) is 5.44. The van der Waals surface area contributed by atoms with E-state index in [0.29, 0.717) is 18.3 Å². The minimum atomic E-state index is -1.07. The lowest BCUT2D eigenvalue weighted by Gasteiger charge is -2.29. The maximum absolute atomic E-state index is 11.7. The van der Waals surface area contributed by atoms with Crippen LogP contribution < -0.4 is 0 Å². The predicted molar refractivity (Wildman–Crippen MR) is 76.5 cm³/mol. The number of aliphatic hydroxyl groups excluding tert-OH is 1. The van der Waals surface area contributed by atoms with Crippen molar-refractivity contribution in [1.82, 2.24) is 0 Å². The second kappa shape index (κ2) is 6.37. The molecule has 2 rings (SSSR count). The Hall–Kier alpha value is -1.72. The molecule has 1 aliphatic carbocycles. The summed E-state index contributed by atoms with van der Waals surface area (Å²) in [7, 11) is 1.42. The molecule has 21 heavy (non-hydrogen) atoms. The standard InChI is InChI=1S/C16H20O5/c1-9-5-4-6-11(8-17)15(20-3)14(18)13-10(2)16(19)21-12(13)7-9/h6-8,12-15,18H,2,4-5H2,1,3H3/b9-7+,11-6-/t12-,13+,14-,15-/m1/s1. The summed E-state index contributed by atoms with van der Waals surface area (Å²) in [5.41, 5.74) is 1.63. The Morgan fingerprint density at radius 2 is 2.24 bits per heavy atom. The smallest absolute Gasteiger partial charge is 0.334 e. The van der Waals surface area contributed by atoms with Crippen LogP contribution in [0.1, 0.15) is 19.8 Å².